The third-order valence-electron chi connectivity index (χ3n) is 4.80. The molecule has 0 aliphatic heterocycles. The fraction of sp³-hybridized carbons (Fsp3) is 0.304. The molecular formula is C23H25FN2O4. The summed E-state index contributed by atoms with van der Waals surface area (Å²) >= 11 is 0. The third kappa shape index (κ3) is 4.97. The number of hydrogen-bond acceptors (Lipinski definition) is 5. The Kier molecular flexibility index (Phi) is 7.06. The molecule has 0 saturated carbocycles. The summed E-state index contributed by atoms with van der Waals surface area (Å²) in [6.07, 6.45) is 2.08. The molecule has 3 aromatic rings. The van der Waals surface area contributed by atoms with E-state index in [9.17, 15) is 9.18 Å². The van der Waals surface area contributed by atoms with E-state index >= 15 is 0 Å². The number of hydrogen-bond donors (Lipinski definition) is 0. The van der Waals surface area contributed by atoms with Crippen molar-refractivity contribution in [2.75, 3.05) is 20.8 Å². The average molecular weight is 412 g/mol. The zero-order valence-electron chi connectivity index (χ0n) is 17.4. The van der Waals surface area contributed by atoms with Crippen LogP contribution < -0.4 is 9.47 Å². The van der Waals surface area contributed by atoms with E-state index in [1.165, 1.54) is 12.3 Å². The zero-order valence-corrected chi connectivity index (χ0v) is 17.4. The van der Waals surface area contributed by atoms with Gasteiger partial charge in [-0.25, -0.2) is 9.37 Å². The highest BCUT2D eigenvalue weighted by molar-refractivity contribution is 5.76. The highest BCUT2D eigenvalue weighted by Gasteiger charge is 2.16. The van der Waals surface area contributed by atoms with Gasteiger partial charge >= 0.3 is 0 Å². The molecule has 158 valence electrons. The van der Waals surface area contributed by atoms with Gasteiger partial charge in [0.05, 0.1) is 26.0 Å². The van der Waals surface area contributed by atoms with Crippen LogP contribution in [0.15, 0.2) is 53.1 Å². The van der Waals surface area contributed by atoms with Crippen LogP contribution >= 0.6 is 0 Å². The van der Waals surface area contributed by atoms with Crippen molar-refractivity contribution in [3.63, 3.8) is 0 Å². The summed E-state index contributed by atoms with van der Waals surface area (Å²) in [5.41, 5.74) is 1.30. The van der Waals surface area contributed by atoms with E-state index < -0.39 is 0 Å². The van der Waals surface area contributed by atoms with Gasteiger partial charge < -0.3 is 18.8 Å². The van der Waals surface area contributed by atoms with Gasteiger partial charge in [0.1, 0.15) is 5.82 Å². The van der Waals surface area contributed by atoms with E-state index in [0.29, 0.717) is 48.2 Å². The molecular weight excluding hydrogens is 387 g/mol. The van der Waals surface area contributed by atoms with Crippen molar-refractivity contribution >= 4 is 5.91 Å². The Balaban J connectivity index is 1.62. The van der Waals surface area contributed by atoms with Gasteiger partial charge in [-0.05, 0) is 36.8 Å². The van der Waals surface area contributed by atoms with Gasteiger partial charge in [0.15, 0.2) is 23.1 Å². The van der Waals surface area contributed by atoms with E-state index in [2.05, 4.69) is 4.98 Å². The van der Waals surface area contributed by atoms with Gasteiger partial charge in [-0.1, -0.05) is 18.2 Å². The Morgan fingerprint density at radius 3 is 2.60 bits per heavy atom. The van der Waals surface area contributed by atoms with Crippen LogP contribution in [-0.4, -0.2) is 36.6 Å². The summed E-state index contributed by atoms with van der Waals surface area (Å²) in [5.74, 6) is 1.64. The molecule has 0 radical (unpaired) electrons. The molecule has 1 heterocycles. The molecule has 3 rings (SSSR count). The fourth-order valence-corrected chi connectivity index (χ4v) is 3.16. The van der Waals surface area contributed by atoms with E-state index in [4.69, 9.17) is 13.9 Å². The standard InChI is InChI=1S/C23H25FN2O4/c1-4-26(15-16-9-10-19(28-2)20(13-16)29-3)23(27)12-11-22-25-14-21(30-22)17-7-5-6-8-18(17)24/h5-10,13-14H,4,11-12,15H2,1-3H3. The van der Waals surface area contributed by atoms with Crippen LogP contribution in [0, 0.1) is 5.82 Å². The lowest BCUT2D eigenvalue weighted by Gasteiger charge is -2.21. The Hall–Kier alpha value is -3.35. The van der Waals surface area contributed by atoms with Gasteiger partial charge in [-0.2, -0.15) is 0 Å². The molecule has 6 nitrogen and oxygen atoms in total. The quantitative estimate of drug-likeness (QED) is 0.519. The molecule has 0 unspecified atom stereocenters. The number of methoxy groups -OCH3 is 2. The zero-order chi connectivity index (χ0) is 21.5. The lowest BCUT2D eigenvalue weighted by molar-refractivity contribution is -0.131. The predicted octanol–water partition coefficient (Wildman–Crippen LogP) is 4.48. The predicted molar refractivity (Wildman–Crippen MR) is 111 cm³/mol. The van der Waals surface area contributed by atoms with Crippen LogP contribution in [0.25, 0.3) is 11.3 Å². The molecule has 0 N–H and O–H groups in total. The van der Waals surface area contributed by atoms with E-state index in [1.54, 1.807) is 37.3 Å². The summed E-state index contributed by atoms with van der Waals surface area (Å²) < 4.78 is 30.1. The SMILES string of the molecule is CCN(Cc1ccc(OC)c(OC)c1)C(=O)CCc1ncc(-c2ccccc2F)o1. The monoisotopic (exact) mass is 412 g/mol. The first-order valence-electron chi connectivity index (χ1n) is 9.74. The first-order chi connectivity index (χ1) is 14.5. The highest BCUT2D eigenvalue weighted by Crippen LogP contribution is 2.28. The second-order valence-electron chi connectivity index (χ2n) is 6.70. The Morgan fingerprint density at radius 1 is 1.13 bits per heavy atom. The van der Waals surface area contributed by atoms with Crippen molar-refractivity contribution in [3.05, 3.63) is 65.9 Å². The maximum absolute atomic E-state index is 13.9. The smallest absolute Gasteiger partial charge is 0.223 e. The van der Waals surface area contributed by atoms with Crippen molar-refractivity contribution in [1.29, 1.82) is 0 Å². The van der Waals surface area contributed by atoms with Crippen LogP contribution in [-0.2, 0) is 17.8 Å². The highest BCUT2D eigenvalue weighted by atomic mass is 19.1. The molecule has 0 fully saturated rings. The van der Waals surface area contributed by atoms with Crippen LogP contribution in [0.1, 0.15) is 24.8 Å². The second-order valence-corrected chi connectivity index (χ2v) is 6.70. The number of benzene rings is 2. The number of oxazole rings is 1. The van der Waals surface area contributed by atoms with E-state index in [0.717, 1.165) is 5.56 Å². The molecule has 0 saturated heterocycles. The maximum Gasteiger partial charge on any atom is 0.223 e. The average Bonchev–Trinajstić information content (AvgIpc) is 3.24. The molecule has 7 heteroatoms. The molecule has 0 atom stereocenters. The van der Waals surface area contributed by atoms with Crippen molar-refractivity contribution < 1.29 is 23.1 Å². The molecule has 1 amide bonds. The number of halogens is 1. The molecule has 0 spiro atoms. The van der Waals surface area contributed by atoms with Crippen LogP contribution in [0.3, 0.4) is 0 Å². The summed E-state index contributed by atoms with van der Waals surface area (Å²) in [4.78, 5) is 18.6. The van der Waals surface area contributed by atoms with Gasteiger partial charge in [-0.15, -0.1) is 0 Å². The topological polar surface area (TPSA) is 64.8 Å². The van der Waals surface area contributed by atoms with Crippen LogP contribution in [0.4, 0.5) is 4.39 Å². The minimum Gasteiger partial charge on any atom is -0.493 e. The van der Waals surface area contributed by atoms with Crippen molar-refractivity contribution in [3.8, 4) is 22.8 Å². The van der Waals surface area contributed by atoms with Crippen molar-refractivity contribution in [1.82, 2.24) is 9.88 Å². The summed E-state index contributed by atoms with van der Waals surface area (Å²) in [7, 11) is 3.16. The molecule has 1 aromatic heterocycles. The van der Waals surface area contributed by atoms with Crippen molar-refractivity contribution in [2.24, 2.45) is 0 Å². The summed E-state index contributed by atoms with van der Waals surface area (Å²) in [6.45, 7) is 2.96. The van der Waals surface area contributed by atoms with Gasteiger partial charge in [0.2, 0.25) is 5.91 Å². The van der Waals surface area contributed by atoms with Gasteiger partial charge in [-0.3, -0.25) is 4.79 Å². The minimum atomic E-state index is -0.372. The Bertz CT molecular complexity index is 1000. The molecule has 0 aliphatic carbocycles. The first kappa shape index (κ1) is 21.4. The number of aryl methyl sites for hydroxylation is 1. The number of carbonyl (C=O) groups excluding carboxylic acids is 1. The minimum absolute atomic E-state index is 0.0158. The number of aromatic nitrogens is 1. The third-order valence-corrected chi connectivity index (χ3v) is 4.80. The summed E-state index contributed by atoms with van der Waals surface area (Å²) in [6, 6.07) is 11.9. The fourth-order valence-electron chi connectivity index (χ4n) is 3.16. The molecule has 30 heavy (non-hydrogen) atoms. The Labute approximate surface area is 175 Å². The second kappa shape index (κ2) is 9.91. The largest absolute Gasteiger partial charge is 0.493 e. The number of ether oxygens (including phenoxy) is 2. The number of amides is 1. The van der Waals surface area contributed by atoms with Crippen molar-refractivity contribution in [2.45, 2.75) is 26.3 Å². The Morgan fingerprint density at radius 2 is 1.90 bits per heavy atom. The van der Waals surface area contributed by atoms with Crippen LogP contribution in [0.5, 0.6) is 11.5 Å². The maximum atomic E-state index is 13.9. The normalized spacial score (nSPS) is 10.7. The molecule has 0 bridgehead atoms. The first-order valence-corrected chi connectivity index (χ1v) is 9.74. The number of carbonyl (C=O) groups is 1. The van der Waals surface area contributed by atoms with Gasteiger partial charge in [0, 0.05) is 25.9 Å². The van der Waals surface area contributed by atoms with Gasteiger partial charge in [0.25, 0.3) is 0 Å². The molecule has 2 aromatic carbocycles. The lowest BCUT2D eigenvalue weighted by Crippen LogP contribution is -2.30. The summed E-state index contributed by atoms with van der Waals surface area (Å²) in [5, 5.41) is 0. The number of rotatable bonds is 9. The van der Waals surface area contributed by atoms with Crippen LogP contribution in [0.2, 0.25) is 0 Å². The molecule has 0 aliphatic rings. The lowest BCUT2D eigenvalue weighted by atomic mass is 10.1. The van der Waals surface area contributed by atoms with E-state index in [-0.39, 0.29) is 18.1 Å². The number of nitrogens with zero attached hydrogens (tertiary/aromatic N) is 2. The van der Waals surface area contributed by atoms with E-state index in [1.807, 2.05) is 25.1 Å².